The SMILES string of the molecule is COC(=O)CC(C)(C)SCc1ccc(C)cc1. The van der Waals surface area contributed by atoms with Gasteiger partial charge < -0.3 is 4.74 Å². The quantitative estimate of drug-likeness (QED) is 0.749. The summed E-state index contributed by atoms with van der Waals surface area (Å²) in [5.74, 6) is 0.774. The number of carbonyl (C=O) groups excluding carboxylic acids is 1. The lowest BCUT2D eigenvalue weighted by molar-refractivity contribution is -0.141. The van der Waals surface area contributed by atoms with Gasteiger partial charge >= 0.3 is 5.97 Å². The van der Waals surface area contributed by atoms with Gasteiger partial charge in [-0.05, 0) is 12.5 Å². The Morgan fingerprint density at radius 1 is 1.29 bits per heavy atom. The summed E-state index contributed by atoms with van der Waals surface area (Å²) in [4.78, 5) is 11.2. The molecule has 0 unspecified atom stereocenters. The van der Waals surface area contributed by atoms with E-state index in [1.54, 1.807) is 11.8 Å². The van der Waals surface area contributed by atoms with Crippen LogP contribution in [0.3, 0.4) is 0 Å². The van der Waals surface area contributed by atoms with Crippen molar-refractivity contribution in [3.63, 3.8) is 0 Å². The Bertz CT molecular complexity index is 368. The monoisotopic (exact) mass is 252 g/mol. The maximum Gasteiger partial charge on any atom is 0.306 e. The minimum Gasteiger partial charge on any atom is -0.469 e. The van der Waals surface area contributed by atoms with Crippen molar-refractivity contribution < 1.29 is 9.53 Å². The van der Waals surface area contributed by atoms with E-state index in [0.717, 1.165) is 5.75 Å². The summed E-state index contributed by atoms with van der Waals surface area (Å²) in [6.45, 7) is 6.23. The molecule has 0 aliphatic rings. The summed E-state index contributed by atoms with van der Waals surface area (Å²) in [5, 5.41) is 0. The number of hydrogen-bond donors (Lipinski definition) is 0. The normalized spacial score (nSPS) is 11.3. The van der Waals surface area contributed by atoms with E-state index in [-0.39, 0.29) is 10.7 Å². The maximum absolute atomic E-state index is 11.2. The van der Waals surface area contributed by atoms with Crippen LogP contribution in [0.5, 0.6) is 0 Å². The van der Waals surface area contributed by atoms with Crippen molar-refractivity contribution in [1.82, 2.24) is 0 Å². The maximum atomic E-state index is 11.2. The zero-order chi connectivity index (χ0) is 12.9. The highest BCUT2D eigenvalue weighted by molar-refractivity contribution is 7.99. The first-order chi connectivity index (χ1) is 7.93. The van der Waals surface area contributed by atoms with Crippen LogP contribution in [0, 0.1) is 6.92 Å². The second kappa shape index (κ2) is 6.10. The number of rotatable bonds is 5. The molecule has 17 heavy (non-hydrogen) atoms. The van der Waals surface area contributed by atoms with Crippen LogP contribution in [0.2, 0.25) is 0 Å². The van der Waals surface area contributed by atoms with Gasteiger partial charge in [0.1, 0.15) is 0 Å². The molecule has 0 aromatic heterocycles. The van der Waals surface area contributed by atoms with Gasteiger partial charge in [-0.1, -0.05) is 43.7 Å². The lowest BCUT2D eigenvalue weighted by atomic mass is 10.1. The summed E-state index contributed by atoms with van der Waals surface area (Å²) < 4.78 is 4.62. The molecule has 0 saturated heterocycles. The Kier molecular flexibility index (Phi) is 5.06. The van der Waals surface area contributed by atoms with Gasteiger partial charge in [0.2, 0.25) is 0 Å². The molecule has 3 heteroatoms. The Balaban J connectivity index is 2.49. The lowest BCUT2D eigenvalue weighted by Gasteiger charge is -2.22. The largest absolute Gasteiger partial charge is 0.469 e. The zero-order valence-electron chi connectivity index (χ0n) is 10.9. The van der Waals surface area contributed by atoms with Crippen LogP contribution >= 0.6 is 11.8 Å². The fraction of sp³-hybridized carbons (Fsp3) is 0.500. The van der Waals surface area contributed by atoms with Crippen molar-refractivity contribution in [2.45, 2.75) is 37.7 Å². The average Bonchev–Trinajstić information content (AvgIpc) is 2.28. The second-order valence-electron chi connectivity index (χ2n) is 4.79. The molecule has 0 aliphatic carbocycles. The molecule has 0 bridgehead atoms. The van der Waals surface area contributed by atoms with Crippen LogP contribution in [0.15, 0.2) is 24.3 Å². The number of thioether (sulfide) groups is 1. The molecular formula is C14H20O2S. The van der Waals surface area contributed by atoms with E-state index in [0.29, 0.717) is 6.42 Å². The molecule has 0 aliphatic heterocycles. The van der Waals surface area contributed by atoms with Crippen LogP contribution in [-0.4, -0.2) is 17.8 Å². The van der Waals surface area contributed by atoms with Crippen molar-refractivity contribution in [2.75, 3.05) is 7.11 Å². The minimum atomic E-state index is -0.147. The number of aryl methyl sites for hydroxylation is 1. The number of esters is 1. The topological polar surface area (TPSA) is 26.3 Å². The zero-order valence-corrected chi connectivity index (χ0v) is 11.8. The average molecular weight is 252 g/mol. The fourth-order valence-corrected chi connectivity index (χ4v) is 2.40. The summed E-state index contributed by atoms with van der Waals surface area (Å²) in [7, 11) is 1.43. The minimum absolute atomic E-state index is 0.0853. The summed E-state index contributed by atoms with van der Waals surface area (Å²) in [6, 6.07) is 8.50. The molecule has 0 N–H and O–H groups in total. The van der Waals surface area contributed by atoms with Crippen molar-refractivity contribution in [1.29, 1.82) is 0 Å². The highest BCUT2D eigenvalue weighted by Crippen LogP contribution is 2.31. The van der Waals surface area contributed by atoms with E-state index in [4.69, 9.17) is 4.74 Å². The first kappa shape index (κ1) is 14.1. The molecule has 1 rings (SSSR count). The Hall–Kier alpha value is -0.960. The molecule has 1 aromatic carbocycles. The Morgan fingerprint density at radius 3 is 2.41 bits per heavy atom. The summed E-state index contributed by atoms with van der Waals surface area (Å²) in [6.07, 6.45) is 0.444. The number of carbonyl (C=O) groups is 1. The Morgan fingerprint density at radius 2 is 1.88 bits per heavy atom. The van der Waals surface area contributed by atoms with E-state index in [1.165, 1.54) is 18.2 Å². The molecule has 0 radical (unpaired) electrons. The third-order valence-electron chi connectivity index (χ3n) is 2.55. The second-order valence-corrected chi connectivity index (χ2v) is 6.47. The highest BCUT2D eigenvalue weighted by atomic mass is 32.2. The van der Waals surface area contributed by atoms with E-state index in [2.05, 4.69) is 45.0 Å². The number of ether oxygens (including phenoxy) is 1. The standard InChI is InChI=1S/C14H20O2S/c1-11-5-7-12(8-6-11)10-17-14(2,3)9-13(15)16-4/h5-8H,9-10H2,1-4H3. The van der Waals surface area contributed by atoms with E-state index >= 15 is 0 Å². The lowest BCUT2D eigenvalue weighted by Crippen LogP contribution is -2.21. The third kappa shape index (κ3) is 5.26. The van der Waals surface area contributed by atoms with E-state index in [1.807, 2.05) is 0 Å². The molecule has 0 atom stereocenters. The van der Waals surface area contributed by atoms with Gasteiger partial charge in [-0.2, -0.15) is 11.8 Å². The van der Waals surface area contributed by atoms with Gasteiger partial charge in [-0.25, -0.2) is 0 Å². The summed E-state index contributed by atoms with van der Waals surface area (Å²) in [5.41, 5.74) is 2.56. The molecule has 0 spiro atoms. The first-order valence-corrected chi connectivity index (χ1v) is 6.68. The van der Waals surface area contributed by atoms with Crippen LogP contribution in [0.1, 0.15) is 31.4 Å². The van der Waals surface area contributed by atoms with Gasteiger partial charge in [-0.15, -0.1) is 0 Å². The van der Waals surface area contributed by atoms with E-state index < -0.39 is 0 Å². The Labute approximate surface area is 108 Å². The predicted octanol–water partition coefficient (Wildman–Crippen LogP) is 3.57. The molecule has 94 valence electrons. The van der Waals surface area contributed by atoms with Crippen LogP contribution < -0.4 is 0 Å². The van der Waals surface area contributed by atoms with Crippen molar-refractivity contribution in [3.05, 3.63) is 35.4 Å². The van der Waals surface area contributed by atoms with Gasteiger partial charge in [0.05, 0.1) is 13.5 Å². The van der Waals surface area contributed by atoms with Crippen molar-refractivity contribution in [2.24, 2.45) is 0 Å². The highest BCUT2D eigenvalue weighted by Gasteiger charge is 2.22. The van der Waals surface area contributed by atoms with E-state index in [9.17, 15) is 4.79 Å². The number of hydrogen-bond acceptors (Lipinski definition) is 3. The first-order valence-electron chi connectivity index (χ1n) is 5.69. The molecule has 0 heterocycles. The van der Waals surface area contributed by atoms with Gasteiger partial charge in [-0.3, -0.25) is 4.79 Å². The molecule has 1 aromatic rings. The van der Waals surface area contributed by atoms with Gasteiger partial charge in [0.25, 0.3) is 0 Å². The molecule has 0 saturated carbocycles. The van der Waals surface area contributed by atoms with Crippen LogP contribution in [-0.2, 0) is 15.3 Å². The molecule has 2 nitrogen and oxygen atoms in total. The number of benzene rings is 1. The number of methoxy groups -OCH3 is 1. The van der Waals surface area contributed by atoms with Gasteiger partial charge in [0, 0.05) is 10.5 Å². The third-order valence-corrected chi connectivity index (χ3v) is 3.95. The van der Waals surface area contributed by atoms with Crippen molar-refractivity contribution >= 4 is 17.7 Å². The predicted molar refractivity (Wildman–Crippen MR) is 73.2 cm³/mol. The van der Waals surface area contributed by atoms with Crippen LogP contribution in [0.25, 0.3) is 0 Å². The molecule has 0 amide bonds. The van der Waals surface area contributed by atoms with Crippen molar-refractivity contribution in [3.8, 4) is 0 Å². The molecule has 0 fully saturated rings. The van der Waals surface area contributed by atoms with Gasteiger partial charge in [0.15, 0.2) is 0 Å². The smallest absolute Gasteiger partial charge is 0.306 e. The summed E-state index contributed by atoms with van der Waals surface area (Å²) >= 11 is 1.78. The fourth-order valence-electron chi connectivity index (χ4n) is 1.43. The molecular weight excluding hydrogens is 232 g/mol. The van der Waals surface area contributed by atoms with Crippen LogP contribution in [0.4, 0.5) is 0 Å².